The number of nitrogens with zero attached hydrogens (tertiary/aromatic N) is 2. The Morgan fingerprint density at radius 2 is 1.22 bits per heavy atom. The van der Waals surface area contributed by atoms with Crippen molar-refractivity contribution in [2.24, 2.45) is 11.8 Å². The largest absolute Gasteiger partial charge is 0.485 e. The molecule has 0 N–H and O–H groups in total. The Morgan fingerprint density at radius 3 is 1.93 bits per heavy atom. The first-order valence-electron chi connectivity index (χ1n) is 30.1. The molecule has 0 saturated heterocycles. The van der Waals surface area contributed by atoms with E-state index in [9.17, 15) is 8.78 Å². The Morgan fingerprint density at radius 1 is 0.576 bits per heavy atom. The van der Waals surface area contributed by atoms with Crippen LogP contribution < -0.4 is 4.90 Å². The second-order valence-electron chi connectivity index (χ2n) is 23.9. The Kier molecular flexibility index (Phi) is 13.0. The highest BCUT2D eigenvalue weighted by Gasteiger charge is 2.54. The van der Waals surface area contributed by atoms with Crippen LogP contribution in [-0.2, 0) is 15.6 Å². The second kappa shape index (κ2) is 21.0. The van der Waals surface area contributed by atoms with Crippen LogP contribution in [0.5, 0.6) is 0 Å². The van der Waals surface area contributed by atoms with Gasteiger partial charge >= 0.3 is 0 Å². The van der Waals surface area contributed by atoms with Crippen molar-refractivity contribution in [1.29, 1.82) is 0 Å². The highest BCUT2D eigenvalue weighted by Crippen LogP contribution is 2.63. The standard InChI is InChI=1S/C78H64F4N2O/c1-3-49-13-17-51(18-14-49)77(53-21-25-55(79)26-22-53)71-11-7-5-9-65(71)67-41-37-61(45-73(67)77)83(59-33-29-57(81)30-34-59)63-39-43-69-70-44-40-64(48-76(70)85-75(69)47-63)84(60-35-31-58(82)32-36-60)62-38-42-68-66-10-6-8-12-72(66)78(74(68)46-62,54-23-27-56(80)28-24-54)52-19-15-50(4-2)16-20-52/h3-7,9-11,13-25,27-29,31-36,38-39,42-43,45-48,55,57,66,69,72,75H,1-2,8,12,26,30,37,40-41,44H2. The van der Waals surface area contributed by atoms with Gasteiger partial charge in [-0.05, 0) is 196 Å². The molecule has 0 radical (unpaired) electrons. The van der Waals surface area contributed by atoms with Crippen molar-refractivity contribution in [1.82, 2.24) is 4.90 Å². The average molecular weight is 1120 g/mol. The van der Waals surface area contributed by atoms with Crippen LogP contribution in [0.4, 0.5) is 28.9 Å². The lowest BCUT2D eigenvalue weighted by Gasteiger charge is -2.41. The van der Waals surface area contributed by atoms with Crippen molar-refractivity contribution in [3.8, 4) is 0 Å². The lowest BCUT2D eigenvalue weighted by molar-refractivity contribution is 0.171. The van der Waals surface area contributed by atoms with Gasteiger partial charge in [-0.2, -0.15) is 0 Å². The fourth-order valence-electron chi connectivity index (χ4n) is 15.9. The molecule has 3 nitrogen and oxygen atoms in total. The minimum absolute atomic E-state index is 0.00140. The molecule has 7 heteroatoms. The van der Waals surface area contributed by atoms with E-state index in [2.05, 4.69) is 163 Å². The van der Waals surface area contributed by atoms with Gasteiger partial charge in [-0.15, -0.1) is 0 Å². The number of anilines is 2. The van der Waals surface area contributed by atoms with Crippen LogP contribution in [0.3, 0.4) is 0 Å². The summed E-state index contributed by atoms with van der Waals surface area (Å²) in [6, 6.07) is 46.7. The van der Waals surface area contributed by atoms with Crippen molar-refractivity contribution in [3.05, 3.63) is 339 Å². The van der Waals surface area contributed by atoms with Gasteiger partial charge in [0.25, 0.3) is 0 Å². The van der Waals surface area contributed by atoms with Gasteiger partial charge in [0.2, 0.25) is 0 Å². The summed E-state index contributed by atoms with van der Waals surface area (Å²) in [7, 11) is 0. The lowest BCUT2D eigenvalue weighted by atomic mass is 9.61. The molecule has 6 aromatic rings. The first kappa shape index (κ1) is 52.8. The van der Waals surface area contributed by atoms with E-state index in [0.717, 1.165) is 105 Å². The summed E-state index contributed by atoms with van der Waals surface area (Å²) in [6.07, 6.45) is 34.1. The third kappa shape index (κ3) is 8.50. The molecule has 0 saturated carbocycles. The molecule has 0 aromatic heterocycles. The maximum Gasteiger partial charge on any atom is 0.129 e. The van der Waals surface area contributed by atoms with Gasteiger partial charge in [0.15, 0.2) is 0 Å². The zero-order valence-electron chi connectivity index (χ0n) is 47.3. The van der Waals surface area contributed by atoms with E-state index in [-0.39, 0.29) is 41.9 Å². The Labute approximate surface area is 495 Å². The van der Waals surface area contributed by atoms with Crippen LogP contribution in [0.1, 0.15) is 107 Å². The quantitative estimate of drug-likeness (QED) is 0.0897. The fourth-order valence-corrected chi connectivity index (χ4v) is 15.9. The van der Waals surface area contributed by atoms with Crippen LogP contribution in [0.25, 0.3) is 17.7 Å². The van der Waals surface area contributed by atoms with Crippen molar-refractivity contribution in [2.75, 3.05) is 4.90 Å². The molecular weight excluding hydrogens is 1060 g/mol. The van der Waals surface area contributed by atoms with Crippen LogP contribution in [0.2, 0.25) is 0 Å². The monoisotopic (exact) mass is 1120 g/mol. The van der Waals surface area contributed by atoms with E-state index in [4.69, 9.17) is 4.74 Å². The molecule has 9 aliphatic rings. The van der Waals surface area contributed by atoms with E-state index < -0.39 is 23.2 Å². The van der Waals surface area contributed by atoms with Crippen molar-refractivity contribution < 1.29 is 22.3 Å². The van der Waals surface area contributed by atoms with E-state index in [1.54, 1.807) is 24.3 Å². The number of rotatable bonds is 12. The molecule has 0 fully saturated rings. The van der Waals surface area contributed by atoms with E-state index in [0.29, 0.717) is 12.8 Å². The first-order chi connectivity index (χ1) is 41.6. The van der Waals surface area contributed by atoms with E-state index in [1.807, 2.05) is 54.6 Å². The van der Waals surface area contributed by atoms with Gasteiger partial charge in [-0.3, -0.25) is 0 Å². The van der Waals surface area contributed by atoms with E-state index in [1.165, 1.54) is 51.1 Å². The van der Waals surface area contributed by atoms with E-state index >= 15 is 8.78 Å². The van der Waals surface area contributed by atoms with Crippen molar-refractivity contribution in [3.63, 3.8) is 0 Å². The maximum atomic E-state index is 15.1. The molecule has 8 unspecified atom stereocenters. The Bertz CT molecular complexity index is 4110. The van der Waals surface area contributed by atoms with Crippen LogP contribution in [0, 0.1) is 23.5 Å². The first-order valence-corrected chi connectivity index (χ1v) is 30.1. The fraction of sp³-hybridized carbons (Fsp3) is 0.205. The predicted molar refractivity (Wildman–Crippen MR) is 336 cm³/mol. The van der Waals surface area contributed by atoms with Gasteiger partial charge in [-0.1, -0.05) is 159 Å². The van der Waals surface area contributed by atoms with Gasteiger partial charge in [0, 0.05) is 70.3 Å². The third-order valence-electron chi connectivity index (χ3n) is 19.6. The summed E-state index contributed by atoms with van der Waals surface area (Å²) in [5.74, 6) is 0.567. The van der Waals surface area contributed by atoms with Gasteiger partial charge in [0.05, 0.1) is 5.41 Å². The topological polar surface area (TPSA) is 15.7 Å². The Hall–Kier alpha value is -8.94. The molecule has 0 spiro atoms. The van der Waals surface area contributed by atoms with Crippen molar-refractivity contribution in [2.45, 2.75) is 86.6 Å². The molecule has 420 valence electrons. The number of hydrogen-bond acceptors (Lipinski definition) is 3. The molecular formula is C78H64F4N2O. The zero-order valence-corrected chi connectivity index (χ0v) is 47.3. The number of benzene rings is 6. The second-order valence-corrected chi connectivity index (χ2v) is 23.9. The molecule has 1 heterocycles. The molecule has 8 atom stereocenters. The lowest BCUT2D eigenvalue weighted by Crippen LogP contribution is -2.36. The summed E-state index contributed by atoms with van der Waals surface area (Å²) in [5.41, 5.74) is 19.3. The number of fused-ring (bicyclic) bond motifs is 7. The molecule has 0 amide bonds. The van der Waals surface area contributed by atoms with Gasteiger partial charge < -0.3 is 14.5 Å². The number of alkyl halides is 2. The highest BCUT2D eigenvalue weighted by molar-refractivity contribution is 5.89. The highest BCUT2D eigenvalue weighted by atomic mass is 19.1. The minimum atomic E-state index is -1.07. The average Bonchev–Trinajstić information content (AvgIpc) is 3.04. The molecule has 8 aliphatic carbocycles. The summed E-state index contributed by atoms with van der Waals surface area (Å²) in [4.78, 5) is 4.58. The Balaban J connectivity index is 0.815. The molecule has 85 heavy (non-hydrogen) atoms. The molecule has 6 aromatic carbocycles. The van der Waals surface area contributed by atoms with Crippen LogP contribution >= 0.6 is 0 Å². The van der Waals surface area contributed by atoms with Crippen molar-refractivity contribution >= 4 is 29.1 Å². The SMILES string of the molecule is C=Cc1ccc(C2(C3=CCC(F)C=C3)C3=C(CCC(N(C4=CCC(F)C=C4)C4=CC5OC6=C(CCC(N(c7ccc(F)cc7)c7ccc8c(c7)C(c7ccc(F)cc7)(c7ccc(C=C)cc7)C7CCC=CC87)=C6)C5C=C4)=C3)c3ccccc32)cc1. The summed E-state index contributed by atoms with van der Waals surface area (Å²) in [5, 5.41) is 0. The molecule has 0 bridgehead atoms. The zero-order chi connectivity index (χ0) is 57.6. The smallest absolute Gasteiger partial charge is 0.129 e. The number of hydrogen-bond donors (Lipinski definition) is 0. The molecule has 1 aliphatic heterocycles. The van der Waals surface area contributed by atoms with Gasteiger partial charge in [0.1, 0.15) is 35.8 Å². The summed E-state index contributed by atoms with van der Waals surface area (Å²) < 4.78 is 67.2. The number of allylic oxidation sites excluding steroid dienone is 16. The summed E-state index contributed by atoms with van der Waals surface area (Å²) in [6.45, 7) is 8.10. The van der Waals surface area contributed by atoms with Crippen LogP contribution in [-0.4, -0.2) is 23.3 Å². The minimum Gasteiger partial charge on any atom is -0.485 e. The summed E-state index contributed by atoms with van der Waals surface area (Å²) >= 11 is 0. The van der Waals surface area contributed by atoms with Crippen LogP contribution in [0.15, 0.2) is 277 Å². The van der Waals surface area contributed by atoms with Gasteiger partial charge in [-0.25, -0.2) is 17.6 Å². The molecule has 15 rings (SSSR count). The number of ether oxygens (including phenoxy) is 1. The number of halogens is 4. The third-order valence-corrected chi connectivity index (χ3v) is 19.6. The normalized spacial score (nSPS) is 26.6. The maximum absolute atomic E-state index is 15.1. The predicted octanol–water partition coefficient (Wildman–Crippen LogP) is 19.3.